The number of nitrogens with zero attached hydrogens (tertiary/aromatic N) is 1. The third kappa shape index (κ3) is 7.12. The Labute approximate surface area is 314 Å². The number of fused-ring (bicyclic) bond motifs is 3. The Kier molecular flexibility index (Phi) is 10.8. The minimum Gasteiger partial charge on any atom is -0.507 e. The summed E-state index contributed by atoms with van der Waals surface area (Å²) in [6, 6.07) is 5.59. The van der Waals surface area contributed by atoms with E-state index in [2.05, 4.69) is 0 Å². The Morgan fingerprint density at radius 2 is 1.56 bits per heavy atom. The van der Waals surface area contributed by atoms with Crippen molar-refractivity contribution in [3.8, 4) is 11.5 Å². The van der Waals surface area contributed by atoms with Crippen LogP contribution in [0.1, 0.15) is 115 Å². The molecule has 12 atom stereocenters. The molecular formula is C40H51NO13. The minimum absolute atomic E-state index is 0.0133. The molecule has 54 heavy (non-hydrogen) atoms. The molecule has 14 heteroatoms. The number of ether oxygens (including phenoxy) is 6. The lowest BCUT2D eigenvalue weighted by Gasteiger charge is -2.47. The van der Waals surface area contributed by atoms with Gasteiger partial charge < -0.3 is 53.7 Å². The fourth-order valence-corrected chi connectivity index (χ4v) is 8.73. The molecule has 0 bridgehead atoms. The summed E-state index contributed by atoms with van der Waals surface area (Å²) in [7, 11) is 3.82. The number of Topliss-reactive ketones (excluding diaryl/α,β-unsaturated/α-hetero) is 1. The van der Waals surface area contributed by atoms with Crippen LogP contribution in [0.3, 0.4) is 0 Å². The molecule has 2 aliphatic carbocycles. The van der Waals surface area contributed by atoms with Gasteiger partial charge >= 0.3 is 0 Å². The summed E-state index contributed by atoms with van der Waals surface area (Å²) in [4.78, 5) is 41.2. The van der Waals surface area contributed by atoms with Gasteiger partial charge in [-0.15, -0.1) is 0 Å². The first-order valence-corrected chi connectivity index (χ1v) is 18.9. The fraction of sp³-hybridized carbons (Fsp3) is 0.625. The van der Waals surface area contributed by atoms with Gasteiger partial charge in [-0.1, -0.05) is 19.1 Å². The first-order chi connectivity index (χ1) is 25.6. The highest BCUT2D eigenvalue weighted by Crippen LogP contribution is 2.49. The van der Waals surface area contributed by atoms with Crippen LogP contribution in [0, 0.1) is 0 Å². The lowest BCUT2D eigenvalue weighted by Crippen LogP contribution is -2.58. The summed E-state index contributed by atoms with van der Waals surface area (Å²) >= 11 is 0. The van der Waals surface area contributed by atoms with Crippen LogP contribution in [0.5, 0.6) is 11.5 Å². The Balaban J connectivity index is 1.08. The Bertz CT molecular complexity index is 1780. The molecule has 0 saturated carbocycles. The highest BCUT2D eigenvalue weighted by molar-refractivity contribution is 6.30. The van der Waals surface area contributed by atoms with Crippen molar-refractivity contribution in [3.63, 3.8) is 0 Å². The van der Waals surface area contributed by atoms with Gasteiger partial charge in [0.15, 0.2) is 30.4 Å². The van der Waals surface area contributed by atoms with Gasteiger partial charge in [-0.25, -0.2) is 0 Å². The summed E-state index contributed by atoms with van der Waals surface area (Å²) < 4.78 is 37.5. The molecule has 14 nitrogen and oxygen atoms in total. The second-order valence-corrected chi connectivity index (χ2v) is 15.7. The summed E-state index contributed by atoms with van der Waals surface area (Å²) in [5.41, 5.74) is -0.723. The average Bonchev–Trinajstić information content (AvgIpc) is 3.10. The van der Waals surface area contributed by atoms with E-state index in [4.69, 9.17) is 28.4 Å². The number of phenols is 2. The molecule has 2 aromatic carbocycles. The van der Waals surface area contributed by atoms with Gasteiger partial charge in [-0.05, 0) is 59.0 Å². The van der Waals surface area contributed by atoms with Gasteiger partial charge in [0.1, 0.15) is 29.8 Å². The number of hydrogen-bond donors (Lipinski definition) is 4. The molecule has 0 aromatic heterocycles. The molecule has 3 saturated heterocycles. The molecule has 0 radical (unpaired) electrons. The summed E-state index contributed by atoms with van der Waals surface area (Å²) in [6.45, 7) is 7.19. The van der Waals surface area contributed by atoms with Gasteiger partial charge in [0.2, 0.25) is 5.78 Å². The zero-order valence-electron chi connectivity index (χ0n) is 31.5. The lowest BCUT2D eigenvalue weighted by molar-refractivity contribution is -0.324. The van der Waals surface area contributed by atoms with E-state index in [9.17, 15) is 34.8 Å². The van der Waals surface area contributed by atoms with Crippen molar-refractivity contribution in [3.05, 3.63) is 57.6 Å². The van der Waals surface area contributed by atoms with Crippen molar-refractivity contribution >= 4 is 17.3 Å². The van der Waals surface area contributed by atoms with E-state index in [0.29, 0.717) is 36.8 Å². The molecule has 4 N–H and O–H groups in total. The highest BCUT2D eigenvalue weighted by atomic mass is 16.7. The van der Waals surface area contributed by atoms with E-state index >= 15 is 0 Å². The quantitative estimate of drug-likeness (QED) is 0.262. The van der Waals surface area contributed by atoms with Crippen LogP contribution in [0.2, 0.25) is 0 Å². The summed E-state index contributed by atoms with van der Waals surface area (Å²) in [5.74, 6) is -1.91. The van der Waals surface area contributed by atoms with Crippen LogP contribution in [-0.2, 0) is 39.6 Å². The molecule has 2 aromatic rings. The zero-order chi connectivity index (χ0) is 38.8. The Morgan fingerprint density at radius 1 is 0.870 bits per heavy atom. The molecule has 0 spiro atoms. The first kappa shape index (κ1) is 38.9. The van der Waals surface area contributed by atoms with Crippen LogP contribution < -0.4 is 0 Å². The van der Waals surface area contributed by atoms with E-state index in [1.54, 1.807) is 19.9 Å². The number of benzene rings is 2. The molecular weight excluding hydrogens is 702 g/mol. The van der Waals surface area contributed by atoms with E-state index in [1.165, 1.54) is 18.2 Å². The molecule has 0 amide bonds. The van der Waals surface area contributed by atoms with Gasteiger partial charge in [0.25, 0.3) is 0 Å². The van der Waals surface area contributed by atoms with Gasteiger partial charge in [0, 0.05) is 61.3 Å². The van der Waals surface area contributed by atoms with Gasteiger partial charge in [-0.3, -0.25) is 14.4 Å². The highest BCUT2D eigenvalue weighted by Gasteiger charge is 2.48. The normalized spacial score (nSPS) is 36.8. The number of phenolic OH excluding ortho intramolecular Hbond substituents is 2. The monoisotopic (exact) mass is 753 g/mol. The first-order valence-electron chi connectivity index (χ1n) is 18.9. The Hall–Kier alpha value is -3.31. The fourth-order valence-electron chi connectivity index (χ4n) is 8.73. The van der Waals surface area contributed by atoms with Crippen molar-refractivity contribution in [2.45, 2.75) is 146 Å². The standard InChI is InChI=1S/C40H51NO13/c1-7-40(48)16-21-13-23-34(37(47)33-22(35(23)45)9-8-10-26(33)43)36(46)32(21)28(17-40)52-30-14-24(41(5)6)38(19(3)50-30)54-31-15-27(44)39(20(4)51-31)53-29-12-11-25(42)18(2)49-29/h8-10,13,18-20,24,27-31,38-39,43-44,46,48H,7,11-12,14-17H2,1-6H3/t18?,19?,20?,24?,27?,28-,29?,30?,31?,38?,39?,40-/m0/s1. The van der Waals surface area contributed by atoms with Crippen LogP contribution in [-0.4, -0.2) is 124 Å². The smallest absolute Gasteiger partial charge is 0.201 e. The lowest BCUT2D eigenvalue weighted by atomic mass is 9.73. The average molecular weight is 754 g/mol. The summed E-state index contributed by atoms with van der Waals surface area (Å²) in [5, 5.41) is 45.1. The molecule has 294 valence electrons. The zero-order valence-corrected chi connectivity index (χ0v) is 31.5. The minimum atomic E-state index is -1.22. The van der Waals surface area contributed by atoms with E-state index < -0.39 is 84.5 Å². The number of carbonyl (C=O) groups excluding carboxylic acids is 3. The largest absolute Gasteiger partial charge is 0.507 e. The molecule has 3 fully saturated rings. The topological polar surface area (TPSA) is 191 Å². The number of rotatable bonds is 8. The van der Waals surface area contributed by atoms with Crippen molar-refractivity contribution in [1.29, 1.82) is 0 Å². The molecule has 3 aliphatic heterocycles. The molecule has 3 heterocycles. The maximum Gasteiger partial charge on any atom is 0.201 e. The Morgan fingerprint density at radius 3 is 2.22 bits per heavy atom. The van der Waals surface area contributed by atoms with Crippen LogP contribution in [0.4, 0.5) is 0 Å². The van der Waals surface area contributed by atoms with Crippen molar-refractivity contribution < 1.29 is 63.2 Å². The van der Waals surface area contributed by atoms with Gasteiger partial charge in [-0.2, -0.15) is 0 Å². The second-order valence-electron chi connectivity index (χ2n) is 15.7. The van der Waals surface area contributed by atoms with Gasteiger partial charge in [0.05, 0.1) is 41.1 Å². The second kappa shape index (κ2) is 15.0. The maximum absolute atomic E-state index is 13.7. The number of aliphatic hydroxyl groups excluding tert-OH is 1. The number of likely N-dealkylation sites (N-methyl/N-ethyl adjacent to an activating group) is 1. The van der Waals surface area contributed by atoms with E-state index in [0.717, 1.165) is 0 Å². The third-order valence-electron chi connectivity index (χ3n) is 11.8. The van der Waals surface area contributed by atoms with Crippen molar-refractivity contribution in [2.75, 3.05) is 14.1 Å². The number of carbonyl (C=O) groups is 3. The predicted molar refractivity (Wildman–Crippen MR) is 190 cm³/mol. The predicted octanol–water partition coefficient (Wildman–Crippen LogP) is 3.44. The van der Waals surface area contributed by atoms with Crippen molar-refractivity contribution in [1.82, 2.24) is 4.90 Å². The van der Waals surface area contributed by atoms with E-state index in [1.807, 2.05) is 32.8 Å². The van der Waals surface area contributed by atoms with E-state index in [-0.39, 0.29) is 59.1 Å². The number of aromatic hydroxyl groups is 2. The van der Waals surface area contributed by atoms with Crippen LogP contribution >= 0.6 is 0 Å². The van der Waals surface area contributed by atoms with Crippen LogP contribution in [0.25, 0.3) is 0 Å². The molecule has 7 rings (SSSR count). The summed E-state index contributed by atoms with van der Waals surface area (Å²) in [6.07, 6.45) is -4.99. The maximum atomic E-state index is 13.7. The number of aliphatic hydroxyl groups is 2. The molecule has 5 aliphatic rings. The van der Waals surface area contributed by atoms with Crippen molar-refractivity contribution in [2.24, 2.45) is 0 Å². The number of ketones is 3. The van der Waals surface area contributed by atoms with Crippen LogP contribution in [0.15, 0.2) is 24.3 Å². The third-order valence-corrected chi connectivity index (χ3v) is 11.8. The SMILES string of the molecule is CC[C@]1(O)Cc2cc3c(c(O)c2[C@@H](OC2CC(N(C)C)C(OC4CC(O)C(OC5CCC(=O)C(C)O5)C(C)O4)C(C)O2)C1)C(=O)c1c(O)cccc1C3=O. The molecule has 10 unspecified atom stereocenters. The number of hydrogen-bond acceptors (Lipinski definition) is 14.